The van der Waals surface area contributed by atoms with E-state index in [4.69, 9.17) is 24.6 Å². The third-order valence-corrected chi connectivity index (χ3v) is 10.9. The van der Waals surface area contributed by atoms with Gasteiger partial charge in [-0.1, -0.05) is 30.7 Å². The van der Waals surface area contributed by atoms with Crippen LogP contribution in [0, 0.1) is 22.7 Å². The summed E-state index contributed by atoms with van der Waals surface area (Å²) in [6, 6.07) is 6.07. The van der Waals surface area contributed by atoms with Gasteiger partial charge in [0.1, 0.15) is 0 Å². The Morgan fingerprint density at radius 2 is 1.91 bits per heavy atom. The van der Waals surface area contributed by atoms with Crippen LogP contribution in [0.5, 0.6) is 0 Å². The van der Waals surface area contributed by atoms with Gasteiger partial charge in [0.05, 0.1) is 29.8 Å². The molecule has 3 saturated carbocycles. The lowest BCUT2D eigenvalue weighted by atomic mass is 9.44. The second kappa shape index (κ2) is 10.3. The van der Waals surface area contributed by atoms with Crippen molar-refractivity contribution < 1.29 is 53.3 Å². The van der Waals surface area contributed by atoms with Crippen LogP contribution in [0.4, 0.5) is 4.39 Å². The Kier molecular flexibility index (Phi) is 7.32. The lowest BCUT2D eigenvalue weighted by Gasteiger charge is -2.62. The molecule has 4 fully saturated rings. The monoisotopic (exact) mass is 615 g/mol. The van der Waals surface area contributed by atoms with Gasteiger partial charge in [-0.3, -0.25) is 20.0 Å². The summed E-state index contributed by atoms with van der Waals surface area (Å²) in [6.45, 7) is 6.08. The first kappa shape index (κ1) is 31.2. The Bertz CT molecular complexity index is 1460. The second-order valence-corrected chi connectivity index (χ2v) is 13.6. The maximum Gasteiger partial charge on any atom is 0.338 e. The van der Waals surface area contributed by atoms with Crippen molar-refractivity contribution in [3.05, 3.63) is 59.2 Å². The van der Waals surface area contributed by atoms with E-state index in [1.165, 1.54) is 24.3 Å². The van der Waals surface area contributed by atoms with E-state index < -0.39 is 75.7 Å². The Hall–Kier alpha value is -2.84. The SMILES string of the molecule is CC1(C)O[C@@H]2C[C@H]3C4CCC5=CC(=O)C=C[C@]5(C)[C@@]4(F)[C@@H](O)C[C@]3(C)[C@]2(C(=O)COC(=O)c2cccc(CON(O)O)c2)O1. The summed E-state index contributed by atoms with van der Waals surface area (Å²) in [5.41, 5.74) is -4.71. The number of aliphatic hydroxyl groups is 1. The number of ketones is 2. The number of rotatable bonds is 7. The van der Waals surface area contributed by atoms with E-state index in [0.29, 0.717) is 30.4 Å². The highest BCUT2D eigenvalue weighted by Gasteiger charge is 2.80. The molecule has 0 radical (unpaired) electrons. The van der Waals surface area contributed by atoms with E-state index in [2.05, 4.69) is 4.84 Å². The molecule has 8 atom stereocenters. The lowest BCUT2D eigenvalue weighted by molar-refractivity contribution is -0.497. The maximum absolute atomic E-state index is 17.6. The summed E-state index contributed by atoms with van der Waals surface area (Å²) in [5.74, 6) is -3.74. The van der Waals surface area contributed by atoms with Gasteiger partial charge in [-0.25, -0.2) is 14.0 Å². The van der Waals surface area contributed by atoms with E-state index in [1.54, 1.807) is 39.0 Å². The molecule has 6 rings (SSSR count). The molecule has 3 N–H and O–H groups in total. The number of hydrogen-bond donors (Lipinski definition) is 3. The number of carbonyl (C=O) groups is 3. The van der Waals surface area contributed by atoms with Crippen molar-refractivity contribution in [2.24, 2.45) is 22.7 Å². The molecule has 0 spiro atoms. The average molecular weight is 616 g/mol. The minimum atomic E-state index is -2.08. The van der Waals surface area contributed by atoms with Crippen LogP contribution in [-0.2, 0) is 35.2 Å². The molecule has 0 bridgehead atoms. The summed E-state index contributed by atoms with van der Waals surface area (Å²) in [7, 11) is 0. The lowest BCUT2D eigenvalue weighted by Crippen LogP contribution is -2.70. The normalized spacial score (nSPS) is 40.1. The smallest absolute Gasteiger partial charge is 0.338 e. The van der Waals surface area contributed by atoms with Gasteiger partial charge in [-0.15, -0.1) is 0 Å². The van der Waals surface area contributed by atoms with Crippen LogP contribution in [0.15, 0.2) is 48.1 Å². The van der Waals surface area contributed by atoms with Crippen molar-refractivity contribution in [1.82, 2.24) is 5.39 Å². The fourth-order valence-corrected chi connectivity index (χ4v) is 9.05. The molecule has 12 heteroatoms. The number of aliphatic hydroxyl groups excluding tert-OH is 1. The number of esters is 1. The number of carbonyl (C=O) groups excluding carboxylic acids is 3. The van der Waals surface area contributed by atoms with Crippen LogP contribution in [0.2, 0.25) is 0 Å². The fraction of sp³-hybridized carbons (Fsp3) is 0.594. The minimum absolute atomic E-state index is 0.0975. The van der Waals surface area contributed by atoms with Gasteiger partial charge in [-0.2, -0.15) is 0 Å². The molecular weight excluding hydrogens is 577 g/mol. The van der Waals surface area contributed by atoms with E-state index >= 15 is 4.39 Å². The van der Waals surface area contributed by atoms with Gasteiger partial charge < -0.3 is 19.3 Å². The van der Waals surface area contributed by atoms with Gasteiger partial charge in [0, 0.05) is 16.7 Å². The van der Waals surface area contributed by atoms with E-state index in [0.717, 1.165) is 0 Å². The Labute approximate surface area is 254 Å². The van der Waals surface area contributed by atoms with E-state index in [9.17, 15) is 19.5 Å². The van der Waals surface area contributed by atoms with Crippen molar-refractivity contribution in [1.29, 1.82) is 0 Å². The van der Waals surface area contributed by atoms with Crippen molar-refractivity contribution in [2.75, 3.05) is 6.61 Å². The summed E-state index contributed by atoms with van der Waals surface area (Å²) < 4.78 is 35.8. The topological polar surface area (TPSA) is 152 Å². The highest BCUT2D eigenvalue weighted by Crippen LogP contribution is 2.72. The van der Waals surface area contributed by atoms with Gasteiger partial charge in [0.15, 0.2) is 29.4 Å². The third kappa shape index (κ3) is 4.38. The van der Waals surface area contributed by atoms with Crippen molar-refractivity contribution in [3.63, 3.8) is 0 Å². The first-order chi connectivity index (χ1) is 20.6. The number of benzene rings is 1. The molecule has 1 aromatic rings. The predicted molar refractivity (Wildman–Crippen MR) is 148 cm³/mol. The van der Waals surface area contributed by atoms with Gasteiger partial charge in [0.2, 0.25) is 5.78 Å². The molecule has 44 heavy (non-hydrogen) atoms. The maximum atomic E-state index is 17.6. The van der Waals surface area contributed by atoms with Crippen LogP contribution in [-0.4, -0.2) is 74.3 Å². The first-order valence-corrected chi connectivity index (χ1v) is 14.9. The number of nitrogens with zero attached hydrogens (tertiary/aromatic N) is 1. The number of alkyl halides is 1. The highest BCUT2D eigenvalue weighted by atomic mass is 19.1. The number of Topliss-reactive ketones (excluding diaryl/α,β-unsaturated/α-hetero) is 1. The molecule has 1 aliphatic heterocycles. The zero-order chi connectivity index (χ0) is 31.9. The molecule has 1 aromatic carbocycles. The van der Waals surface area contributed by atoms with Crippen LogP contribution in [0.3, 0.4) is 0 Å². The summed E-state index contributed by atoms with van der Waals surface area (Å²) in [4.78, 5) is 44.0. The molecule has 11 nitrogen and oxygen atoms in total. The van der Waals surface area contributed by atoms with E-state index in [-0.39, 0.29) is 24.4 Å². The Balaban J connectivity index is 1.29. The zero-order valence-electron chi connectivity index (χ0n) is 25.1. The van der Waals surface area contributed by atoms with E-state index in [1.807, 2.05) is 6.92 Å². The summed E-state index contributed by atoms with van der Waals surface area (Å²) >= 11 is 0. The van der Waals surface area contributed by atoms with Crippen LogP contribution in [0.1, 0.15) is 69.3 Å². The molecule has 0 amide bonds. The number of ether oxygens (including phenoxy) is 3. The number of allylic oxidation sites excluding steroid dienone is 4. The number of halogens is 1. The van der Waals surface area contributed by atoms with Crippen LogP contribution < -0.4 is 0 Å². The Morgan fingerprint density at radius 3 is 2.64 bits per heavy atom. The summed E-state index contributed by atoms with van der Waals surface area (Å²) in [6.07, 6.45) is 3.27. The molecule has 238 valence electrons. The second-order valence-electron chi connectivity index (χ2n) is 13.6. The minimum Gasteiger partial charge on any atom is -0.454 e. The van der Waals surface area contributed by atoms with Crippen LogP contribution in [0.25, 0.3) is 0 Å². The van der Waals surface area contributed by atoms with Crippen LogP contribution >= 0.6 is 0 Å². The van der Waals surface area contributed by atoms with Gasteiger partial charge in [-0.05, 0) is 82.2 Å². The first-order valence-electron chi connectivity index (χ1n) is 14.9. The highest BCUT2D eigenvalue weighted by molar-refractivity contribution is 6.01. The summed E-state index contributed by atoms with van der Waals surface area (Å²) in [5, 5.41) is 28.8. The van der Waals surface area contributed by atoms with Crippen molar-refractivity contribution in [3.8, 4) is 0 Å². The quantitative estimate of drug-likeness (QED) is 0.303. The molecule has 1 saturated heterocycles. The average Bonchev–Trinajstić information content (AvgIpc) is 3.37. The molecule has 1 heterocycles. The fourth-order valence-electron chi connectivity index (χ4n) is 9.05. The van der Waals surface area contributed by atoms with Crippen molar-refractivity contribution in [2.45, 2.75) is 89.2 Å². The third-order valence-electron chi connectivity index (χ3n) is 10.9. The molecular formula is C32H38FNO10. The molecule has 0 aromatic heterocycles. The number of hydrogen-bond acceptors (Lipinski definition) is 11. The van der Waals surface area contributed by atoms with Crippen molar-refractivity contribution >= 4 is 17.5 Å². The van der Waals surface area contributed by atoms with Gasteiger partial charge >= 0.3 is 5.97 Å². The molecule has 1 unspecified atom stereocenters. The van der Waals surface area contributed by atoms with Gasteiger partial charge in [0.25, 0.3) is 0 Å². The Morgan fingerprint density at radius 1 is 1.16 bits per heavy atom. The number of fused-ring (bicyclic) bond motifs is 7. The zero-order valence-corrected chi connectivity index (χ0v) is 25.1. The molecule has 5 aliphatic rings. The largest absolute Gasteiger partial charge is 0.454 e. The predicted octanol–water partition coefficient (Wildman–Crippen LogP) is 3.80. The standard InChI is InChI=1S/C32H38FNO10/c1-28(2)43-26-14-23-22-9-8-20-13-21(35)10-11-29(20,3)31(22,33)24(36)15-30(23,4)32(26,44-28)25(37)17-41-27(38)19-7-5-6-18(12-19)16-42-34(39)40/h5-7,10-13,22-24,26,36,39-40H,8-9,14-17H2,1-4H3/t22?,23-,24-,26+,29-,30-,31-,32+/m0/s1. The molecule has 4 aliphatic carbocycles.